The minimum absolute atomic E-state index is 0.0120. The lowest BCUT2D eigenvalue weighted by molar-refractivity contribution is -0.384. The van der Waals surface area contributed by atoms with Crippen LogP contribution in [0.2, 0.25) is 10.0 Å². The second-order valence-electron chi connectivity index (χ2n) is 5.23. The fourth-order valence-electron chi connectivity index (χ4n) is 2.29. The molecule has 3 rings (SSSR count). The number of aromatic nitrogens is 1. The van der Waals surface area contributed by atoms with Gasteiger partial charge < -0.3 is 4.74 Å². The average molecular weight is 423 g/mol. The van der Waals surface area contributed by atoms with Gasteiger partial charge in [0.2, 0.25) is 5.13 Å². The zero-order chi connectivity index (χ0) is 19.4. The first-order valence-corrected chi connectivity index (χ1v) is 9.14. The number of nitro groups is 1. The van der Waals surface area contributed by atoms with Crippen molar-refractivity contribution in [3.8, 4) is 17.0 Å². The number of ether oxygens (including phenoxy) is 1. The normalized spacial score (nSPS) is 10.9. The first-order valence-electron chi connectivity index (χ1n) is 7.50. The Morgan fingerprint density at radius 1 is 1.33 bits per heavy atom. The summed E-state index contributed by atoms with van der Waals surface area (Å²) in [6, 6.07) is 9.54. The van der Waals surface area contributed by atoms with Gasteiger partial charge in [-0.05, 0) is 12.1 Å². The first kappa shape index (κ1) is 19.1. The molecule has 1 heterocycles. The van der Waals surface area contributed by atoms with E-state index in [9.17, 15) is 10.1 Å². The zero-order valence-corrected chi connectivity index (χ0v) is 16.2. The van der Waals surface area contributed by atoms with E-state index >= 15 is 0 Å². The van der Waals surface area contributed by atoms with Gasteiger partial charge in [0.1, 0.15) is 5.75 Å². The summed E-state index contributed by atoms with van der Waals surface area (Å²) in [4.78, 5) is 14.8. The predicted octanol–water partition coefficient (Wildman–Crippen LogP) is 5.48. The van der Waals surface area contributed by atoms with E-state index in [4.69, 9.17) is 27.9 Å². The number of rotatable bonds is 6. The van der Waals surface area contributed by atoms with Gasteiger partial charge in [-0.25, -0.2) is 4.98 Å². The minimum atomic E-state index is -0.442. The van der Waals surface area contributed by atoms with Crippen LogP contribution in [-0.4, -0.2) is 23.2 Å². The van der Waals surface area contributed by atoms with Crippen LogP contribution in [0.3, 0.4) is 0 Å². The van der Waals surface area contributed by atoms with E-state index in [2.05, 4.69) is 15.5 Å². The molecule has 0 unspecified atom stereocenters. The van der Waals surface area contributed by atoms with E-state index in [0.717, 1.165) is 0 Å². The Labute approximate surface area is 168 Å². The monoisotopic (exact) mass is 422 g/mol. The van der Waals surface area contributed by atoms with E-state index in [1.54, 1.807) is 29.6 Å². The molecule has 0 aliphatic rings. The van der Waals surface area contributed by atoms with E-state index < -0.39 is 4.92 Å². The van der Waals surface area contributed by atoms with Gasteiger partial charge in [-0.1, -0.05) is 35.3 Å². The molecule has 0 aliphatic heterocycles. The topological polar surface area (TPSA) is 89.7 Å². The molecule has 0 amide bonds. The van der Waals surface area contributed by atoms with Crippen LogP contribution in [0, 0.1) is 10.1 Å². The first-order chi connectivity index (χ1) is 13.0. The van der Waals surface area contributed by atoms with Crippen LogP contribution >= 0.6 is 34.5 Å². The average Bonchev–Trinajstić information content (AvgIpc) is 3.10. The summed E-state index contributed by atoms with van der Waals surface area (Å²) in [5.41, 5.74) is 4.70. The SMILES string of the molecule is COc1c(Cl)cc(Cl)cc1/C=N/Nc1nc(-c2cccc([N+](=O)[O-])c2)cs1. The summed E-state index contributed by atoms with van der Waals surface area (Å²) >= 11 is 13.4. The summed E-state index contributed by atoms with van der Waals surface area (Å²) in [6.07, 6.45) is 1.52. The molecule has 0 aliphatic carbocycles. The summed E-state index contributed by atoms with van der Waals surface area (Å²) in [7, 11) is 1.51. The van der Waals surface area contributed by atoms with E-state index in [-0.39, 0.29) is 5.69 Å². The van der Waals surface area contributed by atoms with Crippen molar-refractivity contribution in [3.63, 3.8) is 0 Å². The number of nitrogens with one attached hydrogen (secondary N) is 1. The number of hydrogen-bond donors (Lipinski definition) is 1. The lowest BCUT2D eigenvalue weighted by atomic mass is 10.1. The highest BCUT2D eigenvalue weighted by molar-refractivity contribution is 7.14. The molecule has 2 aromatic carbocycles. The number of thiazole rings is 1. The minimum Gasteiger partial charge on any atom is -0.495 e. The number of halogens is 2. The van der Waals surface area contributed by atoms with Gasteiger partial charge >= 0.3 is 0 Å². The van der Waals surface area contributed by atoms with Crippen molar-refractivity contribution in [1.29, 1.82) is 0 Å². The van der Waals surface area contributed by atoms with Crippen molar-refractivity contribution in [1.82, 2.24) is 4.98 Å². The molecule has 0 saturated carbocycles. The molecule has 0 spiro atoms. The van der Waals surface area contributed by atoms with Crippen molar-refractivity contribution in [3.05, 3.63) is 67.5 Å². The number of hydrazone groups is 1. The molecule has 7 nitrogen and oxygen atoms in total. The Balaban J connectivity index is 1.76. The maximum Gasteiger partial charge on any atom is 0.270 e. The fraction of sp³-hybridized carbons (Fsp3) is 0.0588. The second-order valence-corrected chi connectivity index (χ2v) is 6.93. The van der Waals surface area contributed by atoms with Gasteiger partial charge in [0.15, 0.2) is 0 Å². The Morgan fingerprint density at radius 3 is 2.89 bits per heavy atom. The molecule has 0 saturated heterocycles. The van der Waals surface area contributed by atoms with Crippen LogP contribution in [0.1, 0.15) is 5.56 Å². The number of non-ortho nitro benzene ring substituents is 1. The summed E-state index contributed by atoms with van der Waals surface area (Å²) in [6.45, 7) is 0. The van der Waals surface area contributed by atoms with E-state index in [0.29, 0.717) is 37.7 Å². The van der Waals surface area contributed by atoms with Crippen LogP contribution in [0.5, 0.6) is 5.75 Å². The van der Waals surface area contributed by atoms with Crippen LogP contribution < -0.4 is 10.2 Å². The number of nitrogens with zero attached hydrogens (tertiary/aromatic N) is 3. The van der Waals surface area contributed by atoms with Crippen LogP contribution in [0.15, 0.2) is 46.9 Å². The highest BCUT2D eigenvalue weighted by atomic mass is 35.5. The van der Waals surface area contributed by atoms with Crippen molar-refractivity contribution in [2.24, 2.45) is 5.10 Å². The molecule has 0 radical (unpaired) electrons. The summed E-state index contributed by atoms with van der Waals surface area (Å²) < 4.78 is 5.25. The number of methoxy groups -OCH3 is 1. The standard InChI is InChI=1S/C17H12Cl2N4O3S/c1-26-16-11(5-12(18)7-14(16)19)8-20-22-17-21-15(9-27-17)10-3-2-4-13(6-10)23(24)25/h2-9H,1H3,(H,21,22)/b20-8+. The molecule has 0 fully saturated rings. The molecule has 10 heteroatoms. The number of hydrogen-bond acceptors (Lipinski definition) is 7. The Kier molecular flexibility index (Phi) is 5.90. The van der Waals surface area contributed by atoms with E-state index in [1.807, 2.05) is 0 Å². The van der Waals surface area contributed by atoms with Crippen LogP contribution in [0.4, 0.5) is 10.8 Å². The van der Waals surface area contributed by atoms with Gasteiger partial charge in [-0.2, -0.15) is 5.10 Å². The molecule has 0 atom stereocenters. The highest BCUT2D eigenvalue weighted by Crippen LogP contribution is 2.31. The van der Waals surface area contributed by atoms with Gasteiger partial charge in [0, 0.05) is 33.7 Å². The Hall–Kier alpha value is -2.68. The largest absolute Gasteiger partial charge is 0.495 e. The van der Waals surface area contributed by atoms with Crippen molar-refractivity contribution in [2.75, 3.05) is 12.5 Å². The number of benzene rings is 2. The number of anilines is 1. The highest BCUT2D eigenvalue weighted by Gasteiger charge is 2.10. The van der Waals surface area contributed by atoms with Gasteiger partial charge in [0.25, 0.3) is 5.69 Å². The fourth-order valence-corrected chi connectivity index (χ4v) is 3.54. The third kappa shape index (κ3) is 4.54. The Morgan fingerprint density at radius 2 is 2.15 bits per heavy atom. The number of nitro benzene ring substituents is 1. The lowest BCUT2D eigenvalue weighted by Gasteiger charge is -2.07. The van der Waals surface area contributed by atoms with Gasteiger partial charge in [-0.15, -0.1) is 11.3 Å². The smallest absolute Gasteiger partial charge is 0.270 e. The van der Waals surface area contributed by atoms with Gasteiger partial charge in [-0.3, -0.25) is 15.5 Å². The van der Waals surface area contributed by atoms with Crippen molar-refractivity contribution in [2.45, 2.75) is 0 Å². The Bertz CT molecular complexity index is 1020. The van der Waals surface area contributed by atoms with Gasteiger partial charge in [0.05, 0.1) is 29.0 Å². The van der Waals surface area contributed by atoms with Crippen molar-refractivity contribution < 1.29 is 9.66 Å². The molecule has 1 aromatic heterocycles. The summed E-state index contributed by atoms with van der Waals surface area (Å²) in [5.74, 6) is 0.461. The molecule has 3 aromatic rings. The van der Waals surface area contributed by atoms with Crippen LogP contribution in [0.25, 0.3) is 11.3 Å². The quantitative estimate of drug-likeness (QED) is 0.322. The van der Waals surface area contributed by atoms with E-state index in [1.165, 1.54) is 36.8 Å². The summed E-state index contributed by atoms with van der Waals surface area (Å²) in [5, 5.41) is 18.2. The zero-order valence-electron chi connectivity index (χ0n) is 13.8. The maximum atomic E-state index is 10.9. The second kappa shape index (κ2) is 8.34. The molecular weight excluding hydrogens is 411 g/mol. The third-order valence-electron chi connectivity index (χ3n) is 3.46. The molecule has 27 heavy (non-hydrogen) atoms. The maximum absolute atomic E-state index is 10.9. The molecule has 138 valence electrons. The predicted molar refractivity (Wildman–Crippen MR) is 108 cm³/mol. The van der Waals surface area contributed by atoms with Crippen molar-refractivity contribution >= 4 is 51.6 Å². The molecule has 0 bridgehead atoms. The molecular formula is C17H12Cl2N4O3S. The van der Waals surface area contributed by atoms with Crippen LogP contribution in [-0.2, 0) is 0 Å². The molecule has 1 N–H and O–H groups in total. The lowest BCUT2D eigenvalue weighted by Crippen LogP contribution is -1.95. The third-order valence-corrected chi connectivity index (χ3v) is 4.71.